The number of benzene rings is 1. The first-order chi connectivity index (χ1) is 8.60. The maximum Gasteiger partial charge on any atom is 0.129 e. The quantitative estimate of drug-likeness (QED) is 0.748. The van der Waals surface area contributed by atoms with Gasteiger partial charge >= 0.3 is 0 Å². The van der Waals surface area contributed by atoms with Gasteiger partial charge in [-0.3, -0.25) is 0 Å². The van der Waals surface area contributed by atoms with E-state index in [0.717, 1.165) is 16.7 Å². The van der Waals surface area contributed by atoms with Gasteiger partial charge in [0.2, 0.25) is 0 Å². The summed E-state index contributed by atoms with van der Waals surface area (Å²) < 4.78 is 0. The van der Waals surface area contributed by atoms with Crippen LogP contribution in [0.3, 0.4) is 0 Å². The molecule has 0 bridgehead atoms. The van der Waals surface area contributed by atoms with Crippen molar-refractivity contribution in [1.29, 1.82) is 5.26 Å². The molecule has 5 heteroatoms. The van der Waals surface area contributed by atoms with Crippen LogP contribution in [0.25, 0.3) is 11.1 Å². The highest BCUT2D eigenvalue weighted by molar-refractivity contribution is 6.35. The van der Waals surface area contributed by atoms with Gasteiger partial charge in [0.25, 0.3) is 0 Å². The van der Waals surface area contributed by atoms with E-state index in [1.165, 1.54) is 0 Å². The molecule has 0 saturated carbocycles. The molecule has 0 aliphatic heterocycles. The van der Waals surface area contributed by atoms with Crippen LogP contribution in [0.5, 0.6) is 0 Å². The molecule has 2 rings (SSSR count). The van der Waals surface area contributed by atoms with E-state index in [0.29, 0.717) is 15.2 Å². The van der Waals surface area contributed by atoms with Gasteiger partial charge in [0, 0.05) is 21.8 Å². The molecule has 1 aromatic heterocycles. The zero-order valence-electron chi connectivity index (χ0n) is 9.12. The van der Waals surface area contributed by atoms with Gasteiger partial charge < -0.3 is 0 Å². The van der Waals surface area contributed by atoms with Crippen LogP contribution < -0.4 is 0 Å². The van der Waals surface area contributed by atoms with Crippen molar-refractivity contribution >= 4 is 34.8 Å². The van der Waals surface area contributed by atoms with Crippen molar-refractivity contribution < 1.29 is 0 Å². The smallest absolute Gasteiger partial charge is 0.129 e. The van der Waals surface area contributed by atoms with E-state index < -0.39 is 0 Å². The molecule has 0 radical (unpaired) electrons. The van der Waals surface area contributed by atoms with Crippen molar-refractivity contribution in [3.05, 3.63) is 51.2 Å². The Balaban J connectivity index is 2.59. The van der Waals surface area contributed by atoms with E-state index in [-0.39, 0.29) is 6.42 Å². The Bertz CT molecular complexity index is 612. The van der Waals surface area contributed by atoms with E-state index in [9.17, 15) is 0 Å². The van der Waals surface area contributed by atoms with E-state index >= 15 is 0 Å². The molecule has 0 spiro atoms. The molecule has 0 atom stereocenters. The third-order valence-corrected chi connectivity index (χ3v) is 3.04. The zero-order chi connectivity index (χ0) is 13.1. The highest BCUT2D eigenvalue weighted by atomic mass is 35.5. The lowest BCUT2D eigenvalue weighted by Gasteiger charge is -2.08. The molecule has 1 heterocycles. The number of rotatable bonds is 2. The van der Waals surface area contributed by atoms with Gasteiger partial charge in [-0.15, -0.1) is 0 Å². The monoisotopic (exact) mass is 296 g/mol. The summed E-state index contributed by atoms with van der Waals surface area (Å²) in [6.45, 7) is 0. The summed E-state index contributed by atoms with van der Waals surface area (Å²) in [7, 11) is 0. The fourth-order valence-corrected chi connectivity index (χ4v) is 2.38. The van der Waals surface area contributed by atoms with Crippen LogP contribution in [0.2, 0.25) is 15.2 Å². The standard InChI is InChI=1S/C13H7Cl3N2/c14-10-3-9(4-11(15)6-10)12-7-18-13(16)5-8(12)1-2-17/h3-7H,1H2. The van der Waals surface area contributed by atoms with Gasteiger partial charge in [-0.2, -0.15) is 5.26 Å². The predicted octanol–water partition coefficient (Wildman–Crippen LogP) is 4.77. The van der Waals surface area contributed by atoms with Crippen LogP contribution in [0.4, 0.5) is 0 Å². The summed E-state index contributed by atoms with van der Waals surface area (Å²) in [6, 6.07) is 8.98. The minimum Gasteiger partial charge on any atom is -0.244 e. The van der Waals surface area contributed by atoms with E-state index in [1.807, 2.05) is 0 Å². The lowest BCUT2D eigenvalue weighted by Crippen LogP contribution is -1.91. The number of aromatic nitrogens is 1. The lowest BCUT2D eigenvalue weighted by atomic mass is 10.0. The number of hydrogen-bond donors (Lipinski definition) is 0. The summed E-state index contributed by atoms with van der Waals surface area (Å²) in [4.78, 5) is 4.03. The van der Waals surface area contributed by atoms with Crippen LogP contribution in [-0.4, -0.2) is 4.98 Å². The van der Waals surface area contributed by atoms with Crippen molar-refractivity contribution in [2.75, 3.05) is 0 Å². The maximum absolute atomic E-state index is 8.83. The van der Waals surface area contributed by atoms with Crippen molar-refractivity contribution in [3.63, 3.8) is 0 Å². The first-order valence-corrected chi connectivity index (χ1v) is 6.21. The summed E-state index contributed by atoms with van der Waals surface area (Å²) in [6.07, 6.45) is 1.87. The topological polar surface area (TPSA) is 36.7 Å². The average molecular weight is 298 g/mol. The fraction of sp³-hybridized carbons (Fsp3) is 0.0769. The number of hydrogen-bond acceptors (Lipinski definition) is 2. The Labute approximate surface area is 120 Å². The molecule has 0 unspecified atom stereocenters. The second-order valence-corrected chi connectivity index (χ2v) is 4.92. The Kier molecular flexibility index (Phi) is 4.08. The molecule has 0 saturated heterocycles. The molecule has 2 aromatic rings. The molecule has 0 aliphatic carbocycles. The molecule has 0 fully saturated rings. The molecule has 0 amide bonds. The lowest BCUT2D eigenvalue weighted by molar-refractivity contribution is 1.21. The molecular weight excluding hydrogens is 291 g/mol. The first kappa shape index (κ1) is 13.2. The first-order valence-electron chi connectivity index (χ1n) is 5.08. The Morgan fingerprint density at radius 3 is 2.33 bits per heavy atom. The minimum atomic E-state index is 0.252. The van der Waals surface area contributed by atoms with Crippen LogP contribution in [0.15, 0.2) is 30.5 Å². The van der Waals surface area contributed by atoms with Crippen molar-refractivity contribution in [2.24, 2.45) is 0 Å². The van der Waals surface area contributed by atoms with Gasteiger partial charge in [-0.25, -0.2) is 4.98 Å². The molecular formula is C13H7Cl3N2. The third kappa shape index (κ3) is 2.94. The maximum atomic E-state index is 8.83. The van der Waals surface area contributed by atoms with Crippen LogP contribution in [0, 0.1) is 11.3 Å². The molecule has 0 aliphatic rings. The summed E-state index contributed by atoms with van der Waals surface area (Å²) >= 11 is 17.8. The van der Waals surface area contributed by atoms with Crippen LogP contribution in [-0.2, 0) is 6.42 Å². The fourth-order valence-electron chi connectivity index (χ4n) is 1.67. The number of nitrogens with zero attached hydrogens (tertiary/aromatic N) is 2. The predicted molar refractivity (Wildman–Crippen MR) is 74.0 cm³/mol. The van der Waals surface area contributed by atoms with Crippen LogP contribution >= 0.6 is 34.8 Å². The van der Waals surface area contributed by atoms with Crippen molar-refractivity contribution in [1.82, 2.24) is 4.98 Å². The Morgan fingerprint density at radius 1 is 1.06 bits per heavy atom. The molecule has 2 nitrogen and oxygen atoms in total. The van der Waals surface area contributed by atoms with E-state index in [4.69, 9.17) is 40.1 Å². The van der Waals surface area contributed by atoms with Gasteiger partial charge in [0.05, 0.1) is 12.5 Å². The Hall–Kier alpha value is -1.27. The number of pyridine rings is 1. The van der Waals surface area contributed by atoms with Gasteiger partial charge in [0.15, 0.2) is 0 Å². The minimum absolute atomic E-state index is 0.252. The molecule has 18 heavy (non-hydrogen) atoms. The molecule has 0 N–H and O–H groups in total. The Morgan fingerprint density at radius 2 is 1.72 bits per heavy atom. The van der Waals surface area contributed by atoms with Crippen molar-refractivity contribution in [3.8, 4) is 17.2 Å². The summed E-state index contributed by atoms with van der Waals surface area (Å²) in [5, 5.41) is 10.3. The van der Waals surface area contributed by atoms with Crippen molar-refractivity contribution in [2.45, 2.75) is 6.42 Å². The molecule has 1 aromatic carbocycles. The van der Waals surface area contributed by atoms with Gasteiger partial charge in [-0.05, 0) is 35.4 Å². The second kappa shape index (κ2) is 5.58. The SMILES string of the molecule is N#CCc1cc(Cl)ncc1-c1cc(Cl)cc(Cl)c1. The highest BCUT2D eigenvalue weighted by Crippen LogP contribution is 2.30. The van der Waals surface area contributed by atoms with Gasteiger partial charge in [0.1, 0.15) is 5.15 Å². The zero-order valence-corrected chi connectivity index (χ0v) is 11.4. The second-order valence-electron chi connectivity index (χ2n) is 3.66. The van der Waals surface area contributed by atoms with E-state index in [1.54, 1.807) is 30.5 Å². The molecule has 90 valence electrons. The number of halogens is 3. The van der Waals surface area contributed by atoms with Gasteiger partial charge in [-0.1, -0.05) is 34.8 Å². The van der Waals surface area contributed by atoms with E-state index in [2.05, 4.69) is 11.1 Å². The van der Waals surface area contributed by atoms with Crippen LogP contribution in [0.1, 0.15) is 5.56 Å². The normalized spacial score (nSPS) is 10.1. The highest BCUT2D eigenvalue weighted by Gasteiger charge is 2.08. The largest absolute Gasteiger partial charge is 0.244 e. The summed E-state index contributed by atoms with van der Waals surface area (Å²) in [5.74, 6) is 0. The summed E-state index contributed by atoms with van der Waals surface area (Å²) in [5.41, 5.74) is 2.43. The third-order valence-electron chi connectivity index (χ3n) is 2.40. The number of nitriles is 1. The average Bonchev–Trinajstić information content (AvgIpc) is 2.28.